The molecule has 0 aliphatic carbocycles. The van der Waals surface area contributed by atoms with Gasteiger partial charge in [-0.3, -0.25) is 0 Å². The highest BCUT2D eigenvalue weighted by Crippen LogP contribution is 2.35. The molecule has 1 heterocycles. The molecule has 0 fully saturated rings. The van der Waals surface area contributed by atoms with Crippen LogP contribution in [0.4, 0.5) is 17.6 Å². The third-order valence-corrected chi connectivity index (χ3v) is 3.83. The third kappa shape index (κ3) is 2.88. The van der Waals surface area contributed by atoms with Crippen LogP contribution in [0.5, 0.6) is 11.6 Å². The average Bonchev–Trinajstić information content (AvgIpc) is 2.42. The molecule has 0 unspecified atom stereocenters. The van der Waals surface area contributed by atoms with Crippen LogP contribution < -0.4 is 8.92 Å². The molecule has 0 amide bonds. The summed E-state index contributed by atoms with van der Waals surface area (Å²) in [6.07, 6.45) is 0. The van der Waals surface area contributed by atoms with Crippen LogP contribution in [0.1, 0.15) is 0 Å². The van der Waals surface area contributed by atoms with Crippen molar-refractivity contribution < 1.29 is 34.9 Å². The van der Waals surface area contributed by atoms with Crippen molar-refractivity contribution in [2.24, 2.45) is 0 Å². The zero-order valence-corrected chi connectivity index (χ0v) is 12.2. The molecule has 0 bridgehead atoms. The van der Waals surface area contributed by atoms with Crippen LogP contribution in [0.2, 0.25) is 5.02 Å². The maximum absolute atomic E-state index is 13.9. The van der Waals surface area contributed by atoms with E-state index < -0.39 is 32.3 Å². The second-order valence-electron chi connectivity index (χ2n) is 3.91. The summed E-state index contributed by atoms with van der Waals surface area (Å²) in [4.78, 5) is 3.39. The summed E-state index contributed by atoms with van der Waals surface area (Å²) in [6.45, 7) is 0. The van der Waals surface area contributed by atoms with Gasteiger partial charge in [0.2, 0.25) is 5.82 Å². The Bertz CT molecular complexity index is 838. The standard InChI is InChI=1S/C11H6ClF4NO4S/c1-20-5-2-3-7-6(4-5)8(12)9(13)10(17-7)21-22(18,19)11(14,15)16/h2-4H,1H3. The van der Waals surface area contributed by atoms with Crippen molar-refractivity contribution in [3.05, 3.63) is 29.0 Å². The normalized spacial score (nSPS) is 12.5. The zero-order valence-electron chi connectivity index (χ0n) is 10.6. The molecule has 120 valence electrons. The fourth-order valence-corrected chi connectivity index (χ4v) is 2.14. The summed E-state index contributed by atoms with van der Waals surface area (Å²) in [5.41, 5.74) is -5.79. The number of rotatable bonds is 3. The molecule has 5 nitrogen and oxygen atoms in total. The van der Waals surface area contributed by atoms with Gasteiger partial charge in [0.25, 0.3) is 5.88 Å². The average molecular weight is 360 g/mol. The second kappa shape index (κ2) is 5.43. The minimum absolute atomic E-state index is 0.0234. The van der Waals surface area contributed by atoms with E-state index in [9.17, 15) is 26.0 Å². The SMILES string of the molecule is COc1ccc2nc(OS(=O)(=O)C(F)(F)F)c(F)c(Cl)c2c1. The highest BCUT2D eigenvalue weighted by molar-refractivity contribution is 7.87. The number of hydrogen-bond donors (Lipinski definition) is 0. The molecule has 2 aromatic rings. The predicted octanol–water partition coefficient (Wildman–Crippen LogP) is 3.26. The van der Waals surface area contributed by atoms with E-state index in [2.05, 4.69) is 9.17 Å². The first-order valence-corrected chi connectivity index (χ1v) is 7.19. The maximum atomic E-state index is 13.9. The Kier molecular flexibility index (Phi) is 4.09. The summed E-state index contributed by atoms with van der Waals surface area (Å²) in [5, 5.41) is -0.619. The summed E-state index contributed by atoms with van der Waals surface area (Å²) in [5.74, 6) is -2.62. The van der Waals surface area contributed by atoms with Crippen molar-refractivity contribution in [2.45, 2.75) is 5.51 Å². The monoisotopic (exact) mass is 359 g/mol. The molecule has 0 N–H and O–H groups in total. The van der Waals surface area contributed by atoms with E-state index in [1.807, 2.05) is 0 Å². The smallest absolute Gasteiger partial charge is 0.497 e. The lowest BCUT2D eigenvalue weighted by Gasteiger charge is -2.11. The van der Waals surface area contributed by atoms with Crippen LogP contribution in [0.3, 0.4) is 0 Å². The number of hydrogen-bond acceptors (Lipinski definition) is 5. The summed E-state index contributed by atoms with van der Waals surface area (Å²) >= 11 is 5.68. The first kappa shape index (κ1) is 16.6. The molecular weight excluding hydrogens is 354 g/mol. The minimum atomic E-state index is -6.06. The summed E-state index contributed by atoms with van der Waals surface area (Å²) in [6, 6.07) is 3.92. The largest absolute Gasteiger partial charge is 0.534 e. The number of ether oxygens (including phenoxy) is 1. The van der Waals surface area contributed by atoms with Gasteiger partial charge < -0.3 is 8.92 Å². The third-order valence-electron chi connectivity index (χ3n) is 2.51. The van der Waals surface area contributed by atoms with E-state index in [1.165, 1.54) is 25.3 Å². The molecule has 11 heteroatoms. The van der Waals surface area contributed by atoms with Crippen molar-refractivity contribution in [3.8, 4) is 11.6 Å². The number of fused-ring (bicyclic) bond motifs is 1. The molecule has 0 aliphatic heterocycles. The van der Waals surface area contributed by atoms with Gasteiger partial charge in [0, 0.05) is 5.39 Å². The van der Waals surface area contributed by atoms with E-state index in [0.29, 0.717) is 5.75 Å². The fourth-order valence-electron chi connectivity index (χ4n) is 1.49. The van der Waals surface area contributed by atoms with E-state index in [0.717, 1.165) is 0 Å². The van der Waals surface area contributed by atoms with Crippen LogP contribution in [0, 0.1) is 5.82 Å². The van der Waals surface area contributed by atoms with Gasteiger partial charge in [-0.1, -0.05) is 11.6 Å². The number of halogens is 5. The Morgan fingerprint density at radius 3 is 2.45 bits per heavy atom. The highest BCUT2D eigenvalue weighted by Gasteiger charge is 2.49. The predicted molar refractivity (Wildman–Crippen MR) is 68.9 cm³/mol. The van der Waals surface area contributed by atoms with Crippen molar-refractivity contribution in [2.75, 3.05) is 7.11 Å². The fraction of sp³-hybridized carbons (Fsp3) is 0.182. The molecule has 1 aromatic heterocycles. The number of methoxy groups -OCH3 is 1. The van der Waals surface area contributed by atoms with E-state index in [1.54, 1.807) is 0 Å². The van der Waals surface area contributed by atoms with Gasteiger partial charge in [0.05, 0.1) is 17.6 Å². The molecule has 1 aromatic carbocycles. The lowest BCUT2D eigenvalue weighted by Crippen LogP contribution is -2.28. The molecule has 0 aliphatic rings. The van der Waals surface area contributed by atoms with Crippen molar-refractivity contribution in [1.82, 2.24) is 4.98 Å². The van der Waals surface area contributed by atoms with Crippen LogP contribution in [-0.4, -0.2) is 26.0 Å². The first-order chi connectivity index (χ1) is 10.1. The first-order valence-electron chi connectivity index (χ1n) is 5.40. The number of nitrogens with zero attached hydrogens (tertiary/aromatic N) is 1. The molecular formula is C11H6ClF4NO4S. The van der Waals surface area contributed by atoms with E-state index >= 15 is 0 Å². The molecule has 0 spiro atoms. The second-order valence-corrected chi connectivity index (χ2v) is 5.83. The van der Waals surface area contributed by atoms with Gasteiger partial charge in [0.15, 0.2) is 0 Å². The van der Waals surface area contributed by atoms with Gasteiger partial charge in [-0.2, -0.15) is 26.0 Å². The van der Waals surface area contributed by atoms with Crippen LogP contribution in [-0.2, 0) is 10.1 Å². The number of benzene rings is 1. The van der Waals surface area contributed by atoms with Gasteiger partial charge in [-0.15, -0.1) is 0 Å². The summed E-state index contributed by atoms with van der Waals surface area (Å²) < 4.78 is 81.0. The van der Waals surface area contributed by atoms with Gasteiger partial charge in [-0.25, -0.2) is 4.98 Å². The molecule has 0 saturated carbocycles. The molecule has 22 heavy (non-hydrogen) atoms. The van der Waals surface area contributed by atoms with E-state index in [-0.39, 0.29) is 10.9 Å². The molecule has 0 atom stereocenters. The molecule has 2 rings (SSSR count). The number of alkyl halides is 3. The zero-order chi connectivity index (χ0) is 16.7. The lowest BCUT2D eigenvalue weighted by atomic mass is 10.2. The Labute approximate surface area is 126 Å². The quantitative estimate of drug-likeness (QED) is 0.478. The topological polar surface area (TPSA) is 65.5 Å². The molecule has 0 saturated heterocycles. The van der Waals surface area contributed by atoms with Crippen LogP contribution in [0.15, 0.2) is 18.2 Å². The highest BCUT2D eigenvalue weighted by atomic mass is 35.5. The van der Waals surface area contributed by atoms with Gasteiger partial charge in [0.1, 0.15) is 5.75 Å². The van der Waals surface area contributed by atoms with Crippen molar-refractivity contribution in [3.63, 3.8) is 0 Å². The minimum Gasteiger partial charge on any atom is -0.497 e. The lowest BCUT2D eigenvalue weighted by molar-refractivity contribution is -0.0502. The van der Waals surface area contributed by atoms with Crippen molar-refractivity contribution in [1.29, 1.82) is 0 Å². The van der Waals surface area contributed by atoms with Crippen LogP contribution in [0.25, 0.3) is 10.9 Å². The Hall–Kier alpha value is -1.81. The van der Waals surface area contributed by atoms with Gasteiger partial charge in [-0.05, 0) is 18.2 Å². The van der Waals surface area contributed by atoms with Gasteiger partial charge >= 0.3 is 15.6 Å². The number of pyridine rings is 1. The number of aromatic nitrogens is 1. The van der Waals surface area contributed by atoms with Crippen molar-refractivity contribution >= 4 is 32.6 Å². The molecule has 0 radical (unpaired) electrons. The Morgan fingerprint density at radius 1 is 1.27 bits per heavy atom. The Morgan fingerprint density at radius 2 is 1.91 bits per heavy atom. The van der Waals surface area contributed by atoms with E-state index in [4.69, 9.17) is 16.3 Å². The Balaban J connectivity index is 2.60. The van der Waals surface area contributed by atoms with Crippen LogP contribution >= 0.6 is 11.6 Å². The maximum Gasteiger partial charge on any atom is 0.534 e. The summed E-state index contributed by atoms with van der Waals surface area (Å²) in [7, 11) is -4.72.